The number of nitrogens with one attached hydrogen (secondary N) is 2. The highest BCUT2D eigenvalue weighted by Crippen LogP contribution is 2.18. The molecule has 2 N–H and O–H groups in total. The number of thioether (sulfide) groups is 1. The number of aromatic nitrogens is 2. The van der Waals surface area contributed by atoms with Crippen LogP contribution in [-0.4, -0.2) is 33.3 Å². The van der Waals surface area contributed by atoms with Gasteiger partial charge in [-0.25, -0.2) is 9.78 Å². The van der Waals surface area contributed by atoms with Gasteiger partial charge in [0, 0.05) is 12.6 Å². The molecule has 1 fully saturated rings. The Morgan fingerprint density at radius 3 is 2.78 bits per heavy atom. The largest absolute Gasteiger partial charge is 0.335 e. The lowest BCUT2D eigenvalue weighted by molar-refractivity contribution is -0.117. The standard InChI is InChI=1S/C19H22N4O3S/c1-2-11-23-17(25)14-9-5-6-10-15(14)21-19(23)27-12-16(24)22-18(26)20-13-7-3-4-8-13/h2,5-6,9-10,13H,1,3-4,7-8,11-12H2,(H2,20,22,24,26). The van der Waals surface area contributed by atoms with Crippen LogP contribution in [0.15, 0.2) is 46.9 Å². The Bertz CT molecular complexity index is 919. The van der Waals surface area contributed by atoms with Crippen molar-refractivity contribution in [2.45, 2.75) is 43.4 Å². The molecule has 1 aliphatic carbocycles. The van der Waals surface area contributed by atoms with Gasteiger partial charge in [-0.05, 0) is 25.0 Å². The number of allylic oxidation sites excluding steroid dienone is 1. The van der Waals surface area contributed by atoms with Crippen molar-refractivity contribution in [2.24, 2.45) is 0 Å². The van der Waals surface area contributed by atoms with Gasteiger partial charge < -0.3 is 5.32 Å². The summed E-state index contributed by atoms with van der Waals surface area (Å²) in [5.41, 5.74) is 0.395. The molecule has 1 heterocycles. The fourth-order valence-corrected chi connectivity index (χ4v) is 3.94. The molecule has 1 saturated carbocycles. The summed E-state index contributed by atoms with van der Waals surface area (Å²) < 4.78 is 1.48. The monoisotopic (exact) mass is 386 g/mol. The Morgan fingerprint density at radius 2 is 2.04 bits per heavy atom. The van der Waals surface area contributed by atoms with Crippen LogP contribution in [0.2, 0.25) is 0 Å². The summed E-state index contributed by atoms with van der Waals surface area (Å²) >= 11 is 1.12. The van der Waals surface area contributed by atoms with Gasteiger partial charge >= 0.3 is 6.03 Å². The minimum Gasteiger partial charge on any atom is -0.335 e. The van der Waals surface area contributed by atoms with Gasteiger partial charge in [0.25, 0.3) is 5.56 Å². The summed E-state index contributed by atoms with van der Waals surface area (Å²) in [5, 5.41) is 6.08. The Morgan fingerprint density at radius 1 is 1.30 bits per heavy atom. The van der Waals surface area contributed by atoms with Gasteiger partial charge in [-0.2, -0.15) is 0 Å². The van der Waals surface area contributed by atoms with Crippen molar-refractivity contribution in [3.05, 3.63) is 47.3 Å². The third kappa shape index (κ3) is 4.77. The zero-order chi connectivity index (χ0) is 19.2. The van der Waals surface area contributed by atoms with Gasteiger partial charge in [0.1, 0.15) is 0 Å². The first kappa shape index (κ1) is 19.2. The van der Waals surface area contributed by atoms with E-state index in [0.717, 1.165) is 37.4 Å². The van der Waals surface area contributed by atoms with E-state index in [4.69, 9.17) is 0 Å². The topological polar surface area (TPSA) is 93.1 Å². The zero-order valence-electron chi connectivity index (χ0n) is 14.9. The Labute approximate surface area is 161 Å². The molecule has 3 amide bonds. The maximum atomic E-state index is 12.7. The number of urea groups is 1. The molecule has 0 atom stereocenters. The second-order valence-electron chi connectivity index (χ2n) is 6.41. The number of hydrogen-bond donors (Lipinski definition) is 2. The molecular formula is C19H22N4O3S. The molecule has 1 aromatic carbocycles. The van der Waals surface area contributed by atoms with Crippen LogP contribution in [0.4, 0.5) is 4.79 Å². The van der Waals surface area contributed by atoms with Gasteiger partial charge in [0.15, 0.2) is 5.16 Å². The van der Waals surface area contributed by atoms with E-state index in [-0.39, 0.29) is 17.4 Å². The maximum absolute atomic E-state index is 12.7. The number of carbonyl (C=O) groups is 2. The molecule has 1 aromatic heterocycles. The first-order chi connectivity index (χ1) is 13.1. The molecule has 0 bridgehead atoms. The maximum Gasteiger partial charge on any atom is 0.321 e. The Kier molecular flexibility index (Phi) is 6.28. The normalized spacial score (nSPS) is 14.2. The number of nitrogens with zero attached hydrogens (tertiary/aromatic N) is 2. The molecule has 7 nitrogen and oxygen atoms in total. The number of fused-ring (bicyclic) bond motifs is 1. The zero-order valence-corrected chi connectivity index (χ0v) is 15.8. The number of amides is 3. The number of rotatable bonds is 6. The third-order valence-electron chi connectivity index (χ3n) is 4.41. The van der Waals surface area contributed by atoms with Crippen LogP contribution < -0.4 is 16.2 Å². The van der Waals surface area contributed by atoms with E-state index < -0.39 is 11.9 Å². The summed E-state index contributed by atoms with van der Waals surface area (Å²) in [6.07, 6.45) is 5.71. The van der Waals surface area contributed by atoms with Crippen LogP contribution in [0.1, 0.15) is 25.7 Å². The van der Waals surface area contributed by atoms with Crippen molar-refractivity contribution in [1.82, 2.24) is 20.2 Å². The molecule has 2 aromatic rings. The van der Waals surface area contributed by atoms with E-state index in [2.05, 4.69) is 22.2 Å². The fourth-order valence-electron chi connectivity index (χ4n) is 3.13. The third-order valence-corrected chi connectivity index (χ3v) is 5.39. The molecule has 8 heteroatoms. The van der Waals surface area contributed by atoms with Crippen LogP contribution in [0, 0.1) is 0 Å². The molecule has 0 spiro atoms. The van der Waals surface area contributed by atoms with E-state index in [1.54, 1.807) is 30.3 Å². The number of carbonyl (C=O) groups excluding carboxylic acids is 2. The second kappa shape index (κ2) is 8.85. The molecule has 0 saturated heterocycles. The van der Waals surface area contributed by atoms with Crippen molar-refractivity contribution < 1.29 is 9.59 Å². The fraction of sp³-hybridized carbons (Fsp3) is 0.368. The molecule has 0 unspecified atom stereocenters. The first-order valence-electron chi connectivity index (χ1n) is 8.92. The predicted octanol–water partition coefficient (Wildman–Crippen LogP) is 2.44. The van der Waals surface area contributed by atoms with Crippen LogP contribution in [0.5, 0.6) is 0 Å². The van der Waals surface area contributed by atoms with Crippen LogP contribution in [0.3, 0.4) is 0 Å². The molecule has 3 rings (SSSR count). The van der Waals surface area contributed by atoms with Gasteiger partial charge in [-0.3, -0.25) is 19.5 Å². The second-order valence-corrected chi connectivity index (χ2v) is 7.35. The van der Waals surface area contributed by atoms with E-state index in [0.29, 0.717) is 22.6 Å². The highest BCUT2D eigenvalue weighted by Gasteiger charge is 2.19. The van der Waals surface area contributed by atoms with Gasteiger partial charge in [-0.15, -0.1) is 6.58 Å². The molecule has 142 valence electrons. The minimum atomic E-state index is -0.470. The van der Waals surface area contributed by atoms with Crippen molar-refractivity contribution in [1.29, 1.82) is 0 Å². The Hall–Kier alpha value is -2.61. The molecule has 0 aliphatic heterocycles. The lowest BCUT2D eigenvalue weighted by Gasteiger charge is -2.13. The average Bonchev–Trinajstić information content (AvgIpc) is 3.15. The molecular weight excluding hydrogens is 364 g/mol. The number of para-hydroxylation sites is 1. The van der Waals surface area contributed by atoms with Crippen molar-refractivity contribution in [3.8, 4) is 0 Å². The minimum absolute atomic E-state index is 0.0139. The highest BCUT2D eigenvalue weighted by molar-refractivity contribution is 7.99. The smallest absolute Gasteiger partial charge is 0.321 e. The van der Waals surface area contributed by atoms with Crippen LogP contribution in [-0.2, 0) is 11.3 Å². The number of imide groups is 1. The number of hydrogen-bond acceptors (Lipinski definition) is 5. The summed E-state index contributed by atoms with van der Waals surface area (Å²) in [7, 11) is 0. The van der Waals surface area contributed by atoms with Gasteiger partial charge in [0.05, 0.1) is 16.7 Å². The molecule has 27 heavy (non-hydrogen) atoms. The quantitative estimate of drug-likeness (QED) is 0.452. The van der Waals surface area contributed by atoms with E-state index in [1.165, 1.54) is 4.57 Å². The first-order valence-corrected chi connectivity index (χ1v) is 9.90. The lowest BCUT2D eigenvalue weighted by Crippen LogP contribution is -2.44. The van der Waals surface area contributed by atoms with Crippen molar-refractivity contribution in [3.63, 3.8) is 0 Å². The predicted molar refractivity (Wildman–Crippen MR) is 106 cm³/mol. The van der Waals surface area contributed by atoms with Crippen molar-refractivity contribution in [2.75, 3.05) is 5.75 Å². The lowest BCUT2D eigenvalue weighted by atomic mass is 10.2. The summed E-state index contributed by atoms with van der Waals surface area (Å²) in [5.74, 6) is -0.442. The SMILES string of the molecule is C=CCn1c(SCC(=O)NC(=O)NC2CCCC2)nc2ccccc2c1=O. The van der Waals surface area contributed by atoms with Gasteiger partial charge in [-0.1, -0.05) is 42.8 Å². The molecule has 1 aliphatic rings. The summed E-state index contributed by atoms with van der Waals surface area (Å²) in [6.45, 7) is 3.97. The van der Waals surface area contributed by atoms with E-state index in [9.17, 15) is 14.4 Å². The van der Waals surface area contributed by atoms with Crippen LogP contribution >= 0.6 is 11.8 Å². The van der Waals surface area contributed by atoms with Crippen LogP contribution in [0.25, 0.3) is 10.9 Å². The highest BCUT2D eigenvalue weighted by atomic mass is 32.2. The van der Waals surface area contributed by atoms with E-state index in [1.807, 2.05) is 0 Å². The molecule has 0 radical (unpaired) electrons. The summed E-state index contributed by atoms with van der Waals surface area (Å²) in [6, 6.07) is 6.74. The Balaban J connectivity index is 1.67. The summed E-state index contributed by atoms with van der Waals surface area (Å²) in [4.78, 5) is 41.1. The van der Waals surface area contributed by atoms with E-state index >= 15 is 0 Å². The number of benzene rings is 1. The van der Waals surface area contributed by atoms with Crippen molar-refractivity contribution >= 4 is 34.6 Å². The average molecular weight is 386 g/mol. The van der Waals surface area contributed by atoms with Gasteiger partial charge in [0.2, 0.25) is 5.91 Å².